The highest BCUT2D eigenvalue weighted by molar-refractivity contribution is 6.30. The van der Waals surface area contributed by atoms with Crippen molar-refractivity contribution in [3.63, 3.8) is 0 Å². The molecule has 0 atom stereocenters. The van der Waals surface area contributed by atoms with Crippen LogP contribution in [0.1, 0.15) is 22.4 Å². The lowest BCUT2D eigenvalue weighted by Gasteiger charge is -2.07. The Labute approximate surface area is 157 Å². The quantitative estimate of drug-likeness (QED) is 0.452. The van der Waals surface area contributed by atoms with E-state index in [-0.39, 0.29) is 0 Å². The Kier molecular flexibility index (Phi) is 5.58. The van der Waals surface area contributed by atoms with Crippen LogP contribution < -0.4 is 4.74 Å². The molecule has 0 spiro atoms. The zero-order chi connectivity index (χ0) is 18.5. The molecule has 0 saturated carbocycles. The van der Waals surface area contributed by atoms with Crippen molar-refractivity contribution in [2.75, 3.05) is 0 Å². The van der Waals surface area contributed by atoms with Crippen LogP contribution in [0.25, 0.3) is 0 Å². The average molecular weight is 370 g/mol. The second kappa shape index (κ2) is 8.06. The first kappa shape index (κ1) is 18.0. The SMILES string of the molecule is Cc1ccc(CO/N=C/c2c(C)nn(C)c2Oc2ccc(Cl)cc2)cc1. The zero-order valence-corrected chi connectivity index (χ0v) is 15.7. The molecule has 26 heavy (non-hydrogen) atoms. The molecule has 3 rings (SSSR count). The van der Waals surface area contributed by atoms with Gasteiger partial charge in [0.1, 0.15) is 12.4 Å². The van der Waals surface area contributed by atoms with Gasteiger partial charge in [0.2, 0.25) is 5.88 Å². The normalized spacial score (nSPS) is 11.1. The van der Waals surface area contributed by atoms with Crippen molar-refractivity contribution in [1.29, 1.82) is 0 Å². The molecule has 0 radical (unpaired) electrons. The Hall–Kier alpha value is -2.79. The first-order valence-corrected chi connectivity index (χ1v) is 8.58. The number of hydrogen-bond donors (Lipinski definition) is 0. The number of halogens is 1. The number of benzene rings is 2. The van der Waals surface area contributed by atoms with E-state index in [0.717, 1.165) is 16.8 Å². The third-order valence-electron chi connectivity index (χ3n) is 3.85. The van der Waals surface area contributed by atoms with Crippen LogP contribution in [-0.2, 0) is 18.5 Å². The lowest BCUT2D eigenvalue weighted by molar-refractivity contribution is 0.132. The maximum absolute atomic E-state index is 5.94. The van der Waals surface area contributed by atoms with E-state index in [0.29, 0.717) is 23.3 Å². The topological polar surface area (TPSA) is 48.6 Å². The monoisotopic (exact) mass is 369 g/mol. The van der Waals surface area contributed by atoms with Gasteiger partial charge in [0.05, 0.1) is 17.5 Å². The second-order valence-corrected chi connectivity index (χ2v) is 6.41. The van der Waals surface area contributed by atoms with Crippen LogP contribution >= 0.6 is 11.6 Å². The van der Waals surface area contributed by atoms with Crippen molar-refractivity contribution >= 4 is 17.8 Å². The molecule has 5 nitrogen and oxygen atoms in total. The van der Waals surface area contributed by atoms with Crippen LogP contribution in [0.5, 0.6) is 11.6 Å². The highest BCUT2D eigenvalue weighted by Gasteiger charge is 2.14. The molecular formula is C20H20ClN3O2. The van der Waals surface area contributed by atoms with Gasteiger partial charge >= 0.3 is 0 Å². The van der Waals surface area contributed by atoms with Gasteiger partial charge in [-0.25, -0.2) is 4.68 Å². The van der Waals surface area contributed by atoms with Crippen molar-refractivity contribution in [2.45, 2.75) is 20.5 Å². The van der Waals surface area contributed by atoms with Crippen molar-refractivity contribution in [3.05, 3.63) is 75.9 Å². The summed E-state index contributed by atoms with van der Waals surface area (Å²) in [5.74, 6) is 1.26. The van der Waals surface area contributed by atoms with E-state index in [1.165, 1.54) is 5.56 Å². The molecule has 0 aliphatic rings. The van der Waals surface area contributed by atoms with Crippen molar-refractivity contribution in [1.82, 2.24) is 9.78 Å². The van der Waals surface area contributed by atoms with Gasteiger partial charge < -0.3 is 9.57 Å². The first-order chi connectivity index (χ1) is 12.5. The fourth-order valence-corrected chi connectivity index (χ4v) is 2.55. The van der Waals surface area contributed by atoms with E-state index < -0.39 is 0 Å². The summed E-state index contributed by atoms with van der Waals surface area (Å²) < 4.78 is 7.61. The van der Waals surface area contributed by atoms with Crippen LogP contribution in [0.2, 0.25) is 5.02 Å². The minimum absolute atomic E-state index is 0.406. The summed E-state index contributed by atoms with van der Waals surface area (Å²) in [6.45, 7) is 4.36. The van der Waals surface area contributed by atoms with Crippen molar-refractivity contribution < 1.29 is 9.57 Å². The predicted molar refractivity (Wildman–Crippen MR) is 103 cm³/mol. The maximum Gasteiger partial charge on any atom is 0.226 e. The third-order valence-corrected chi connectivity index (χ3v) is 4.10. The number of nitrogens with zero attached hydrogens (tertiary/aromatic N) is 3. The van der Waals surface area contributed by atoms with Crippen LogP contribution in [0.4, 0.5) is 0 Å². The van der Waals surface area contributed by atoms with E-state index >= 15 is 0 Å². The minimum Gasteiger partial charge on any atom is -0.439 e. The maximum atomic E-state index is 5.94. The van der Waals surface area contributed by atoms with Crippen LogP contribution in [0.3, 0.4) is 0 Å². The van der Waals surface area contributed by atoms with Gasteiger partial charge in [-0.1, -0.05) is 46.6 Å². The summed E-state index contributed by atoms with van der Waals surface area (Å²) >= 11 is 5.91. The Balaban J connectivity index is 1.70. The van der Waals surface area contributed by atoms with Crippen LogP contribution in [0, 0.1) is 13.8 Å². The van der Waals surface area contributed by atoms with Gasteiger partial charge in [0, 0.05) is 12.1 Å². The largest absolute Gasteiger partial charge is 0.439 e. The number of ether oxygens (including phenoxy) is 1. The summed E-state index contributed by atoms with van der Waals surface area (Å²) in [7, 11) is 1.82. The van der Waals surface area contributed by atoms with Crippen molar-refractivity contribution in [3.8, 4) is 11.6 Å². The molecule has 1 heterocycles. The molecule has 0 aliphatic heterocycles. The van der Waals surface area contributed by atoms with Gasteiger partial charge in [-0.3, -0.25) is 0 Å². The number of oxime groups is 1. The fourth-order valence-electron chi connectivity index (χ4n) is 2.42. The molecule has 0 N–H and O–H groups in total. The number of hydrogen-bond acceptors (Lipinski definition) is 4. The Morgan fingerprint density at radius 1 is 1.08 bits per heavy atom. The highest BCUT2D eigenvalue weighted by atomic mass is 35.5. The van der Waals surface area contributed by atoms with Crippen LogP contribution in [0.15, 0.2) is 53.7 Å². The van der Waals surface area contributed by atoms with E-state index in [4.69, 9.17) is 21.2 Å². The molecule has 0 unspecified atom stereocenters. The summed E-state index contributed by atoms with van der Waals surface area (Å²) in [6.07, 6.45) is 1.63. The number of rotatable bonds is 6. The summed E-state index contributed by atoms with van der Waals surface area (Å²) in [5.41, 5.74) is 3.85. The lowest BCUT2D eigenvalue weighted by atomic mass is 10.2. The lowest BCUT2D eigenvalue weighted by Crippen LogP contribution is -1.97. The minimum atomic E-state index is 0.406. The number of aromatic nitrogens is 2. The average Bonchev–Trinajstić information content (AvgIpc) is 2.89. The van der Waals surface area contributed by atoms with E-state index in [2.05, 4.69) is 17.2 Å². The standard InChI is InChI=1S/C20H20ClN3O2/c1-14-4-6-16(7-5-14)13-25-22-12-19-15(2)23-24(3)20(19)26-18-10-8-17(21)9-11-18/h4-12H,13H2,1-3H3/b22-12+. The van der Waals surface area contributed by atoms with Gasteiger partial charge in [-0.05, 0) is 43.7 Å². The summed E-state index contributed by atoms with van der Waals surface area (Å²) in [4.78, 5) is 5.41. The van der Waals surface area contributed by atoms with Crippen molar-refractivity contribution in [2.24, 2.45) is 12.2 Å². The Morgan fingerprint density at radius 2 is 1.77 bits per heavy atom. The second-order valence-electron chi connectivity index (χ2n) is 5.98. The first-order valence-electron chi connectivity index (χ1n) is 8.21. The van der Waals surface area contributed by atoms with Gasteiger partial charge in [0.25, 0.3) is 0 Å². The summed E-state index contributed by atoms with van der Waals surface area (Å²) in [5, 5.41) is 9.12. The zero-order valence-electron chi connectivity index (χ0n) is 14.9. The molecule has 134 valence electrons. The molecule has 0 fully saturated rings. The molecule has 0 amide bonds. The highest BCUT2D eigenvalue weighted by Crippen LogP contribution is 2.27. The predicted octanol–water partition coefficient (Wildman–Crippen LogP) is 5.03. The smallest absolute Gasteiger partial charge is 0.226 e. The van der Waals surface area contributed by atoms with E-state index in [1.807, 2.05) is 38.2 Å². The molecule has 2 aromatic carbocycles. The molecule has 0 saturated heterocycles. The van der Waals surface area contributed by atoms with Crippen LogP contribution in [-0.4, -0.2) is 16.0 Å². The van der Waals surface area contributed by atoms with Gasteiger partial charge in [0.15, 0.2) is 0 Å². The number of aryl methyl sites for hydroxylation is 3. The van der Waals surface area contributed by atoms with E-state index in [1.54, 1.807) is 35.2 Å². The summed E-state index contributed by atoms with van der Waals surface area (Å²) in [6, 6.07) is 15.3. The van der Waals surface area contributed by atoms with E-state index in [9.17, 15) is 0 Å². The molecule has 1 aromatic heterocycles. The molecule has 0 bridgehead atoms. The molecular weight excluding hydrogens is 350 g/mol. The third kappa shape index (κ3) is 4.43. The molecule has 0 aliphatic carbocycles. The fraction of sp³-hybridized carbons (Fsp3) is 0.200. The molecule has 3 aromatic rings. The Bertz CT molecular complexity index is 900. The Morgan fingerprint density at radius 3 is 2.46 bits per heavy atom. The van der Waals surface area contributed by atoms with Gasteiger partial charge in [-0.2, -0.15) is 5.10 Å². The van der Waals surface area contributed by atoms with Gasteiger partial charge in [-0.15, -0.1) is 0 Å². The molecule has 6 heteroatoms.